The number of alkyl halides is 3. The summed E-state index contributed by atoms with van der Waals surface area (Å²) in [4.78, 5) is 12.6. The van der Waals surface area contributed by atoms with Gasteiger partial charge >= 0.3 is 6.18 Å². The van der Waals surface area contributed by atoms with E-state index in [0.29, 0.717) is 25.7 Å². The van der Waals surface area contributed by atoms with E-state index in [1.807, 2.05) is 6.92 Å². The molecule has 0 unspecified atom stereocenters. The Bertz CT molecular complexity index is 1080. The number of nitrogens with one attached hydrogen (secondary N) is 2. The smallest absolute Gasteiger partial charge is 0.349 e. The summed E-state index contributed by atoms with van der Waals surface area (Å²) in [5, 5.41) is 2.94. The van der Waals surface area contributed by atoms with Crippen LogP contribution in [0.25, 0.3) is 0 Å². The minimum absolute atomic E-state index is 0.164. The molecule has 33 heavy (non-hydrogen) atoms. The molecule has 0 heterocycles. The number of halogens is 4. The Hall–Kier alpha value is -2.46. The summed E-state index contributed by atoms with van der Waals surface area (Å²) in [5.41, 5.74) is -0.841. The van der Waals surface area contributed by atoms with Crippen LogP contribution in [0.4, 0.5) is 17.6 Å². The van der Waals surface area contributed by atoms with Crippen molar-refractivity contribution in [3.8, 4) is 0 Å². The summed E-state index contributed by atoms with van der Waals surface area (Å²) in [6, 6.07) is 8.47. The van der Waals surface area contributed by atoms with Gasteiger partial charge in [-0.05, 0) is 74.6 Å². The molecule has 1 fully saturated rings. The Morgan fingerprint density at radius 1 is 1.03 bits per heavy atom. The third-order valence-corrected chi connectivity index (χ3v) is 7.71. The van der Waals surface area contributed by atoms with E-state index in [1.54, 1.807) is 19.1 Å². The van der Waals surface area contributed by atoms with Crippen molar-refractivity contribution in [1.29, 1.82) is 0 Å². The summed E-state index contributed by atoms with van der Waals surface area (Å²) >= 11 is 0. The van der Waals surface area contributed by atoms with Crippen molar-refractivity contribution < 1.29 is 30.8 Å². The molecule has 1 aliphatic rings. The maximum atomic E-state index is 13.1. The van der Waals surface area contributed by atoms with Gasteiger partial charge in [-0.25, -0.2) is 17.5 Å². The lowest BCUT2D eigenvalue weighted by atomic mass is 9.73. The highest BCUT2D eigenvalue weighted by molar-refractivity contribution is 7.89. The molecule has 0 saturated heterocycles. The van der Waals surface area contributed by atoms with Crippen LogP contribution in [0.2, 0.25) is 0 Å². The van der Waals surface area contributed by atoms with Crippen LogP contribution in [-0.4, -0.2) is 20.4 Å². The standard InChI is InChI=1S/C23H26F4N2O3S/c1-15(16-3-7-18(24)8-4-16)28-21(30)22(2)13-11-19(12-14-22)29-33(31,32)20-9-5-17(6-10-20)23(25,26)27/h3-10,15,19,29H,11-14H2,1-2H3,(H,28,30)/t15-,19?,22?/m1/s1. The molecule has 0 spiro atoms. The largest absolute Gasteiger partial charge is 0.416 e. The Balaban J connectivity index is 1.58. The van der Waals surface area contributed by atoms with Gasteiger partial charge in [-0.15, -0.1) is 0 Å². The molecule has 10 heteroatoms. The Morgan fingerprint density at radius 2 is 1.58 bits per heavy atom. The first-order valence-electron chi connectivity index (χ1n) is 10.6. The van der Waals surface area contributed by atoms with E-state index in [1.165, 1.54) is 12.1 Å². The van der Waals surface area contributed by atoms with Crippen molar-refractivity contribution in [3.63, 3.8) is 0 Å². The van der Waals surface area contributed by atoms with E-state index in [4.69, 9.17) is 0 Å². The second-order valence-electron chi connectivity index (χ2n) is 8.73. The fourth-order valence-corrected chi connectivity index (χ4v) is 5.22. The highest BCUT2D eigenvalue weighted by atomic mass is 32.2. The van der Waals surface area contributed by atoms with Crippen molar-refractivity contribution >= 4 is 15.9 Å². The first-order valence-corrected chi connectivity index (χ1v) is 12.0. The number of carbonyl (C=O) groups is 1. The van der Waals surface area contributed by atoms with Crippen molar-refractivity contribution in [2.24, 2.45) is 5.41 Å². The fourth-order valence-electron chi connectivity index (χ4n) is 3.92. The monoisotopic (exact) mass is 486 g/mol. The summed E-state index contributed by atoms with van der Waals surface area (Å²) < 4.78 is 78.9. The molecule has 2 aromatic rings. The zero-order chi connectivity index (χ0) is 24.4. The lowest BCUT2D eigenvalue weighted by Gasteiger charge is -2.37. The second-order valence-corrected chi connectivity index (χ2v) is 10.4. The number of carbonyl (C=O) groups excluding carboxylic acids is 1. The second kappa shape index (κ2) is 9.42. The SMILES string of the molecule is C[C@@H](NC(=O)C1(C)CCC(NS(=O)(=O)c2ccc(C(F)(F)F)cc2)CC1)c1ccc(F)cc1. The van der Waals surface area contributed by atoms with E-state index in [-0.39, 0.29) is 22.7 Å². The van der Waals surface area contributed by atoms with Crippen LogP contribution >= 0.6 is 0 Å². The molecule has 1 saturated carbocycles. The molecule has 2 aromatic carbocycles. The molecule has 180 valence electrons. The first-order chi connectivity index (χ1) is 15.3. The molecule has 0 aromatic heterocycles. The van der Waals surface area contributed by atoms with Crippen LogP contribution in [0.1, 0.15) is 56.7 Å². The van der Waals surface area contributed by atoms with E-state index in [2.05, 4.69) is 10.0 Å². The minimum atomic E-state index is -4.54. The molecule has 1 amide bonds. The van der Waals surface area contributed by atoms with E-state index in [0.717, 1.165) is 29.8 Å². The van der Waals surface area contributed by atoms with Gasteiger partial charge in [0, 0.05) is 11.5 Å². The number of hydrogen-bond donors (Lipinski definition) is 2. The van der Waals surface area contributed by atoms with Gasteiger partial charge in [-0.1, -0.05) is 19.1 Å². The van der Waals surface area contributed by atoms with Crippen LogP contribution in [0, 0.1) is 11.2 Å². The van der Waals surface area contributed by atoms with E-state index >= 15 is 0 Å². The average Bonchev–Trinajstić information content (AvgIpc) is 2.75. The Labute approximate surface area is 190 Å². The van der Waals surface area contributed by atoms with Gasteiger partial charge in [0.25, 0.3) is 0 Å². The zero-order valence-corrected chi connectivity index (χ0v) is 19.1. The van der Waals surface area contributed by atoms with E-state index < -0.39 is 33.2 Å². The van der Waals surface area contributed by atoms with Crippen LogP contribution in [0.15, 0.2) is 53.4 Å². The lowest BCUT2D eigenvalue weighted by molar-refractivity contribution is -0.137. The van der Waals surface area contributed by atoms with Crippen molar-refractivity contribution in [1.82, 2.24) is 10.0 Å². The maximum absolute atomic E-state index is 13.1. The van der Waals surface area contributed by atoms with Crippen LogP contribution in [-0.2, 0) is 21.0 Å². The minimum Gasteiger partial charge on any atom is -0.349 e. The normalized spacial score (nSPS) is 22.5. The summed E-state index contributed by atoms with van der Waals surface area (Å²) in [5.74, 6) is -0.523. The third kappa shape index (κ3) is 6.11. The molecule has 0 radical (unpaired) electrons. The number of rotatable bonds is 6. The van der Waals surface area contributed by atoms with Gasteiger partial charge < -0.3 is 5.32 Å². The molecule has 1 aliphatic carbocycles. The molecule has 0 bridgehead atoms. The number of hydrogen-bond acceptors (Lipinski definition) is 3. The highest BCUT2D eigenvalue weighted by Crippen LogP contribution is 2.37. The van der Waals surface area contributed by atoms with Gasteiger partial charge in [0.05, 0.1) is 16.5 Å². The topological polar surface area (TPSA) is 75.3 Å². The van der Waals surface area contributed by atoms with Gasteiger partial charge in [0.2, 0.25) is 15.9 Å². The van der Waals surface area contributed by atoms with Crippen molar-refractivity contribution in [3.05, 3.63) is 65.5 Å². The summed E-state index contributed by atoms with van der Waals surface area (Å²) in [6.07, 6.45) is -2.84. The molecule has 5 nitrogen and oxygen atoms in total. The zero-order valence-electron chi connectivity index (χ0n) is 18.2. The Kier molecular flexibility index (Phi) is 7.18. The number of benzene rings is 2. The first kappa shape index (κ1) is 25.2. The average molecular weight is 487 g/mol. The molecular formula is C23H26F4N2O3S. The summed E-state index contributed by atoms with van der Waals surface area (Å²) in [7, 11) is -3.99. The summed E-state index contributed by atoms with van der Waals surface area (Å²) in [6.45, 7) is 3.62. The van der Waals surface area contributed by atoms with E-state index in [9.17, 15) is 30.8 Å². The number of amides is 1. The third-order valence-electron chi connectivity index (χ3n) is 6.17. The van der Waals surface area contributed by atoms with Gasteiger partial charge in [-0.3, -0.25) is 4.79 Å². The fraction of sp³-hybridized carbons (Fsp3) is 0.435. The highest BCUT2D eigenvalue weighted by Gasteiger charge is 2.39. The van der Waals surface area contributed by atoms with Crippen molar-refractivity contribution in [2.45, 2.75) is 62.7 Å². The van der Waals surface area contributed by atoms with Crippen LogP contribution < -0.4 is 10.0 Å². The van der Waals surface area contributed by atoms with Gasteiger partial charge in [0.15, 0.2) is 0 Å². The quantitative estimate of drug-likeness (QED) is 0.568. The van der Waals surface area contributed by atoms with Crippen molar-refractivity contribution in [2.75, 3.05) is 0 Å². The molecule has 3 rings (SSSR count). The van der Waals surface area contributed by atoms with Crippen LogP contribution in [0.3, 0.4) is 0 Å². The van der Waals surface area contributed by atoms with Crippen LogP contribution in [0.5, 0.6) is 0 Å². The van der Waals surface area contributed by atoms with Gasteiger partial charge in [-0.2, -0.15) is 13.2 Å². The molecule has 1 atom stereocenters. The molecular weight excluding hydrogens is 460 g/mol. The number of sulfonamides is 1. The van der Waals surface area contributed by atoms with Gasteiger partial charge in [0.1, 0.15) is 5.82 Å². The Morgan fingerprint density at radius 3 is 2.09 bits per heavy atom. The maximum Gasteiger partial charge on any atom is 0.416 e. The predicted molar refractivity (Wildman–Crippen MR) is 115 cm³/mol. The lowest BCUT2D eigenvalue weighted by Crippen LogP contribution is -2.46. The molecule has 0 aliphatic heterocycles. The predicted octanol–water partition coefficient (Wildman–Crippen LogP) is 4.95. The molecule has 2 N–H and O–H groups in total.